The van der Waals surface area contributed by atoms with Crippen molar-refractivity contribution in [3.63, 3.8) is 0 Å². The van der Waals surface area contributed by atoms with Gasteiger partial charge in [0.2, 0.25) is 5.91 Å². The molecule has 2 amide bonds. The van der Waals surface area contributed by atoms with Crippen LogP contribution in [0.2, 0.25) is 0 Å². The molecule has 23 heavy (non-hydrogen) atoms. The lowest BCUT2D eigenvalue weighted by Crippen LogP contribution is -2.42. The lowest BCUT2D eigenvalue weighted by atomic mass is 10.0. The van der Waals surface area contributed by atoms with Gasteiger partial charge in [-0.05, 0) is 24.1 Å². The summed E-state index contributed by atoms with van der Waals surface area (Å²) < 4.78 is 5.83. The van der Waals surface area contributed by atoms with E-state index in [-0.39, 0.29) is 12.0 Å². The van der Waals surface area contributed by atoms with Gasteiger partial charge >= 0.3 is 0 Å². The number of nitrogens with zero attached hydrogens (tertiary/aromatic N) is 1. The highest BCUT2D eigenvalue weighted by atomic mass is 16.5. The van der Waals surface area contributed by atoms with Crippen LogP contribution in [0.4, 0.5) is 0 Å². The number of carbonyl (C=O) groups is 2. The minimum atomic E-state index is -0.555. The Morgan fingerprint density at radius 1 is 1.35 bits per heavy atom. The van der Waals surface area contributed by atoms with Crippen molar-refractivity contribution in [2.24, 2.45) is 5.73 Å². The molecule has 6 nitrogen and oxygen atoms in total. The molecule has 3 N–H and O–H groups in total. The van der Waals surface area contributed by atoms with Crippen LogP contribution in [-0.2, 0) is 4.74 Å². The first-order chi connectivity index (χ1) is 11.1. The van der Waals surface area contributed by atoms with Crippen LogP contribution >= 0.6 is 0 Å². The molecule has 3 rings (SSSR count). The van der Waals surface area contributed by atoms with Gasteiger partial charge in [-0.1, -0.05) is 24.3 Å². The number of morpholine rings is 1. The van der Waals surface area contributed by atoms with Crippen molar-refractivity contribution in [3.8, 4) is 0 Å². The highest BCUT2D eigenvalue weighted by Crippen LogP contribution is 2.25. The summed E-state index contributed by atoms with van der Waals surface area (Å²) in [6.07, 6.45) is 1.31. The number of primary amides is 1. The number of H-pyrrole nitrogens is 1. The fourth-order valence-electron chi connectivity index (χ4n) is 2.80. The molecule has 1 unspecified atom stereocenters. The van der Waals surface area contributed by atoms with E-state index in [0.717, 1.165) is 11.1 Å². The number of nitrogens with one attached hydrogen (secondary N) is 1. The zero-order valence-electron chi connectivity index (χ0n) is 12.9. The van der Waals surface area contributed by atoms with Crippen LogP contribution in [0, 0.1) is 6.92 Å². The van der Waals surface area contributed by atoms with Gasteiger partial charge in [0.25, 0.3) is 5.91 Å². The summed E-state index contributed by atoms with van der Waals surface area (Å²) in [4.78, 5) is 28.3. The monoisotopic (exact) mass is 313 g/mol. The van der Waals surface area contributed by atoms with Crippen molar-refractivity contribution in [2.75, 3.05) is 19.7 Å². The first kappa shape index (κ1) is 15.3. The molecule has 0 aliphatic carbocycles. The number of hydrogen-bond acceptors (Lipinski definition) is 3. The molecule has 6 heteroatoms. The highest BCUT2D eigenvalue weighted by Gasteiger charge is 2.27. The van der Waals surface area contributed by atoms with Crippen molar-refractivity contribution >= 4 is 11.8 Å². The molecule has 0 spiro atoms. The second-order valence-corrected chi connectivity index (χ2v) is 5.63. The Morgan fingerprint density at radius 3 is 2.83 bits per heavy atom. The van der Waals surface area contributed by atoms with Crippen molar-refractivity contribution in [3.05, 3.63) is 58.9 Å². The number of amides is 2. The predicted molar refractivity (Wildman–Crippen MR) is 85.1 cm³/mol. The van der Waals surface area contributed by atoms with E-state index >= 15 is 0 Å². The zero-order valence-corrected chi connectivity index (χ0v) is 12.9. The summed E-state index contributed by atoms with van der Waals surface area (Å²) in [5, 5.41) is 0. The first-order valence-electron chi connectivity index (χ1n) is 7.51. The SMILES string of the molecule is Cc1ccccc1C1CN(C(=O)c2cc(C(N)=O)c[nH]2)CCO1. The Kier molecular flexibility index (Phi) is 4.16. The molecule has 2 aromatic rings. The van der Waals surface area contributed by atoms with E-state index < -0.39 is 5.91 Å². The third-order valence-electron chi connectivity index (χ3n) is 4.09. The Morgan fingerprint density at radius 2 is 2.13 bits per heavy atom. The number of nitrogens with two attached hydrogens (primary N) is 1. The smallest absolute Gasteiger partial charge is 0.270 e. The van der Waals surface area contributed by atoms with Crippen molar-refractivity contribution in [2.45, 2.75) is 13.0 Å². The van der Waals surface area contributed by atoms with E-state index in [4.69, 9.17) is 10.5 Å². The fourth-order valence-corrected chi connectivity index (χ4v) is 2.80. The van der Waals surface area contributed by atoms with Crippen molar-refractivity contribution in [1.82, 2.24) is 9.88 Å². The molecule has 1 atom stereocenters. The molecule has 1 aliphatic rings. The van der Waals surface area contributed by atoms with E-state index in [9.17, 15) is 9.59 Å². The molecule has 120 valence electrons. The molecule has 1 aliphatic heterocycles. The maximum absolute atomic E-state index is 12.6. The number of aromatic amines is 1. The summed E-state index contributed by atoms with van der Waals surface area (Å²) in [5.41, 5.74) is 8.12. The fraction of sp³-hybridized carbons (Fsp3) is 0.294. The van der Waals surface area contributed by atoms with E-state index in [2.05, 4.69) is 4.98 Å². The number of rotatable bonds is 3. The van der Waals surface area contributed by atoms with E-state index in [1.54, 1.807) is 4.90 Å². The first-order valence-corrected chi connectivity index (χ1v) is 7.51. The average molecular weight is 313 g/mol. The standard InChI is InChI=1S/C17H19N3O3/c1-11-4-2-3-5-13(11)15-10-20(6-7-23-15)17(22)14-8-12(9-19-14)16(18)21/h2-5,8-9,15,19H,6-7,10H2,1H3,(H2,18,21). The van der Waals surface area contributed by atoms with Crippen LogP contribution in [-0.4, -0.2) is 41.4 Å². The van der Waals surface area contributed by atoms with E-state index in [0.29, 0.717) is 31.0 Å². The summed E-state index contributed by atoms with van der Waals surface area (Å²) in [6.45, 7) is 3.51. The molecule has 1 saturated heterocycles. The topological polar surface area (TPSA) is 88.4 Å². The van der Waals surface area contributed by atoms with Crippen LogP contribution in [0.15, 0.2) is 36.5 Å². The maximum Gasteiger partial charge on any atom is 0.270 e. The molecular weight excluding hydrogens is 294 g/mol. The molecule has 0 bridgehead atoms. The van der Waals surface area contributed by atoms with Gasteiger partial charge in [0.1, 0.15) is 11.8 Å². The summed E-state index contributed by atoms with van der Waals surface area (Å²) in [7, 11) is 0. The molecule has 0 saturated carbocycles. The molecule has 0 radical (unpaired) electrons. The number of carbonyl (C=O) groups excluding carboxylic acids is 2. The van der Waals surface area contributed by atoms with Gasteiger partial charge in [-0.15, -0.1) is 0 Å². The third kappa shape index (κ3) is 3.12. The lowest BCUT2D eigenvalue weighted by Gasteiger charge is -2.33. The van der Waals surface area contributed by atoms with Gasteiger partial charge in [0.05, 0.1) is 18.7 Å². The minimum absolute atomic E-state index is 0.139. The Hall–Kier alpha value is -2.60. The predicted octanol–water partition coefficient (Wildman–Crippen LogP) is 1.64. The lowest BCUT2D eigenvalue weighted by molar-refractivity contribution is -0.0232. The normalized spacial score (nSPS) is 18.0. The molecule has 1 aromatic heterocycles. The molecule has 2 heterocycles. The quantitative estimate of drug-likeness (QED) is 0.902. The third-order valence-corrected chi connectivity index (χ3v) is 4.09. The summed E-state index contributed by atoms with van der Waals surface area (Å²) >= 11 is 0. The zero-order chi connectivity index (χ0) is 16.4. The number of hydrogen-bond donors (Lipinski definition) is 2. The molecule has 1 fully saturated rings. The van der Waals surface area contributed by atoms with Gasteiger partial charge in [-0.25, -0.2) is 0 Å². The van der Waals surface area contributed by atoms with Gasteiger partial charge < -0.3 is 20.4 Å². The molecular formula is C17H19N3O3. The Balaban J connectivity index is 1.76. The second kappa shape index (κ2) is 6.26. The van der Waals surface area contributed by atoms with Crippen molar-refractivity contribution in [1.29, 1.82) is 0 Å². The minimum Gasteiger partial charge on any atom is -0.370 e. The number of aryl methyl sites for hydroxylation is 1. The van der Waals surface area contributed by atoms with Crippen LogP contribution in [0.5, 0.6) is 0 Å². The summed E-state index contributed by atoms with van der Waals surface area (Å²) in [6, 6.07) is 9.49. The van der Waals surface area contributed by atoms with E-state index in [1.807, 2.05) is 31.2 Å². The maximum atomic E-state index is 12.6. The largest absolute Gasteiger partial charge is 0.370 e. The highest BCUT2D eigenvalue weighted by molar-refractivity contribution is 5.98. The van der Waals surface area contributed by atoms with Gasteiger partial charge in [0.15, 0.2) is 0 Å². The second-order valence-electron chi connectivity index (χ2n) is 5.63. The van der Waals surface area contributed by atoms with Gasteiger partial charge in [-0.3, -0.25) is 9.59 Å². The van der Waals surface area contributed by atoms with E-state index in [1.165, 1.54) is 12.3 Å². The number of ether oxygens (including phenoxy) is 1. The van der Waals surface area contributed by atoms with Crippen molar-refractivity contribution < 1.29 is 14.3 Å². The van der Waals surface area contributed by atoms with Gasteiger partial charge in [0, 0.05) is 12.7 Å². The van der Waals surface area contributed by atoms with Gasteiger partial charge in [-0.2, -0.15) is 0 Å². The summed E-state index contributed by atoms with van der Waals surface area (Å²) in [5.74, 6) is -0.709. The Labute approximate surface area is 134 Å². The molecule has 1 aromatic carbocycles. The number of benzene rings is 1. The van der Waals surface area contributed by atoms with Crippen LogP contribution in [0.1, 0.15) is 38.1 Å². The van der Waals surface area contributed by atoms with Crippen LogP contribution < -0.4 is 5.73 Å². The van der Waals surface area contributed by atoms with Crippen LogP contribution in [0.3, 0.4) is 0 Å². The van der Waals surface area contributed by atoms with Crippen LogP contribution in [0.25, 0.3) is 0 Å². The number of aromatic nitrogens is 1. The Bertz CT molecular complexity index is 738. The average Bonchev–Trinajstić information content (AvgIpc) is 3.05.